The number of aliphatic carboxylic acids is 1. The number of rotatable bonds is 4. The number of amides is 1. The minimum absolute atomic E-state index is 0.279. The number of carbonyl (C=O) groups is 3. The van der Waals surface area contributed by atoms with E-state index < -0.39 is 24.9 Å². The normalized spacial score (nSPS) is 15.0. The number of hydrogen-bond donors (Lipinski definition) is 3. The van der Waals surface area contributed by atoms with Crippen LogP contribution in [0.25, 0.3) is 0 Å². The number of carboxylic acid groups (broad SMARTS) is 1. The van der Waals surface area contributed by atoms with Crippen LogP contribution in [0.3, 0.4) is 0 Å². The van der Waals surface area contributed by atoms with Crippen molar-refractivity contribution in [2.45, 2.75) is 19.1 Å². The molecule has 4 N–H and O–H groups in total. The predicted octanol–water partition coefficient (Wildman–Crippen LogP) is -0.472. The van der Waals surface area contributed by atoms with Gasteiger partial charge in [0.25, 0.3) is 6.47 Å². The summed E-state index contributed by atoms with van der Waals surface area (Å²) in [6.07, 6.45) is -5.08. The Balaban J connectivity index is 0. The lowest BCUT2D eigenvalue weighted by Gasteiger charge is -2.28. The molecule has 12 heteroatoms. The number of carbonyl (C=O) groups excluding carboxylic acids is 2. The second kappa shape index (κ2) is 13.5. The van der Waals surface area contributed by atoms with Crippen molar-refractivity contribution in [3.63, 3.8) is 0 Å². The number of nitrogens with two attached hydrogens (primary N) is 1. The first kappa shape index (κ1) is 24.3. The number of alkyl halides is 4. The van der Waals surface area contributed by atoms with Gasteiger partial charge in [0.1, 0.15) is 12.7 Å². The second-order valence-corrected chi connectivity index (χ2v) is 4.19. The molecule has 1 atom stereocenters. The average Bonchev–Trinajstić information content (AvgIpc) is 2.55. The Kier molecular flexibility index (Phi) is 13.7. The third-order valence-electron chi connectivity index (χ3n) is 2.39. The van der Waals surface area contributed by atoms with E-state index in [9.17, 15) is 27.2 Å². The van der Waals surface area contributed by atoms with E-state index in [4.69, 9.17) is 15.6 Å². The maximum absolute atomic E-state index is 12.0. The molecule has 0 bridgehead atoms. The predicted molar refractivity (Wildman–Crippen MR) is 74.8 cm³/mol. The first-order chi connectivity index (χ1) is 11.1. The number of nitrogens with zero attached hydrogens (tertiary/aromatic N) is 1. The van der Waals surface area contributed by atoms with Crippen molar-refractivity contribution in [3.05, 3.63) is 0 Å². The van der Waals surface area contributed by atoms with Crippen molar-refractivity contribution in [2.24, 2.45) is 5.73 Å². The van der Waals surface area contributed by atoms with Crippen molar-refractivity contribution in [1.82, 2.24) is 10.2 Å². The molecule has 24 heavy (non-hydrogen) atoms. The van der Waals surface area contributed by atoms with E-state index in [0.717, 1.165) is 13.1 Å². The van der Waals surface area contributed by atoms with Gasteiger partial charge in [0.05, 0.1) is 6.61 Å². The number of hydrogen-bond acceptors (Lipinski definition) is 6. The molecule has 1 aliphatic rings. The Morgan fingerprint density at radius 1 is 1.38 bits per heavy atom. The summed E-state index contributed by atoms with van der Waals surface area (Å²) in [4.78, 5) is 30.9. The molecule has 1 saturated heterocycles. The average molecular weight is 363 g/mol. The van der Waals surface area contributed by atoms with Crippen LogP contribution in [0, 0.1) is 0 Å². The topological polar surface area (TPSA) is 122 Å². The van der Waals surface area contributed by atoms with Gasteiger partial charge in [-0.25, -0.2) is 9.18 Å². The number of halogens is 4. The lowest BCUT2D eigenvalue weighted by molar-refractivity contribution is -0.192. The highest BCUT2D eigenvalue weighted by molar-refractivity contribution is 5.81. The zero-order chi connectivity index (χ0) is 19.2. The van der Waals surface area contributed by atoms with Crippen molar-refractivity contribution in [3.8, 4) is 0 Å². The van der Waals surface area contributed by atoms with Gasteiger partial charge in [-0.15, -0.1) is 0 Å². The second-order valence-electron chi connectivity index (χ2n) is 4.19. The molecule has 0 saturated carbocycles. The molecule has 1 amide bonds. The SMILES string of the molecule is CCOC=O.N[C@@H](CF)C(=O)N1CCNCC1.O=C(O)C(F)(F)F. The highest BCUT2D eigenvalue weighted by Gasteiger charge is 2.38. The lowest BCUT2D eigenvalue weighted by atomic mass is 10.2. The van der Waals surface area contributed by atoms with Gasteiger partial charge in [-0.05, 0) is 6.92 Å². The van der Waals surface area contributed by atoms with Crippen LogP contribution in [0.4, 0.5) is 17.6 Å². The van der Waals surface area contributed by atoms with Gasteiger partial charge < -0.3 is 25.8 Å². The summed E-state index contributed by atoms with van der Waals surface area (Å²) >= 11 is 0. The molecule has 1 aliphatic heterocycles. The van der Waals surface area contributed by atoms with Crippen molar-refractivity contribution >= 4 is 18.3 Å². The molecule has 0 unspecified atom stereocenters. The minimum Gasteiger partial charge on any atom is -0.475 e. The summed E-state index contributed by atoms with van der Waals surface area (Å²) in [7, 11) is 0. The van der Waals surface area contributed by atoms with Crippen molar-refractivity contribution in [1.29, 1.82) is 0 Å². The molecule has 0 spiro atoms. The minimum atomic E-state index is -5.08. The molecule has 0 aromatic rings. The quantitative estimate of drug-likeness (QED) is 0.456. The summed E-state index contributed by atoms with van der Waals surface area (Å²) in [5.41, 5.74) is 5.26. The van der Waals surface area contributed by atoms with Crippen LogP contribution < -0.4 is 11.1 Å². The molecule has 8 nitrogen and oxygen atoms in total. The van der Waals surface area contributed by atoms with Crippen LogP contribution in [0.15, 0.2) is 0 Å². The molecule has 1 rings (SSSR count). The molecule has 0 aromatic carbocycles. The Bertz CT molecular complexity index is 376. The monoisotopic (exact) mass is 363 g/mol. The molecular formula is C12H21F4N3O5. The number of nitrogens with one attached hydrogen (secondary N) is 1. The first-order valence-electron chi connectivity index (χ1n) is 6.78. The maximum atomic E-state index is 12.0. The van der Waals surface area contributed by atoms with E-state index in [2.05, 4.69) is 10.1 Å². The van der Waals surface area contributed by atoms with Gasteiger partial charge in [0, 0.05) is 26.2 Å². The molecule has 0 radical (unpaired) electrons. The number of ether oxygens (including phenoxy) is 1. The van der Waals surface area contributed by atoms with Gasteiger partial charge in [-0.3, -0.25) is 9.59 Å². The Labute approximate surface area is 135 Å². The van der Waals surface area contributed by atoms with Crippen LogP contribution in [0.1, 0.15) is 6.92 Å². The van der Waals surface area contributed by atoms with Crippen LogP contribution in [-0.4, -0.2) is 80.0 Å². The fourth-order valence-corrected chi connectivity index (χ4v) is 1.25. The summed E-state index contributed by atoms with van der Waals surface area (Å²) in [5, 5.41) is 10.2. The van der Waals surface area contributed by atoms with Crippen LogP contribution >= 0.6 is 0 Å². The van der Waals surface area contributed by atoms with Crippen LogP contribution in [0.5, 0.6) is 0 Å². The van der Waals surface area contributed by atoms with Gasteiger partial charge in [-0.1, -0.05) is 0 Å². The highest BCUT2D eigenvalue weighted by Crippen LogP contribution is 2.13. The van der Waals surface area contributed by atoms with Gasteiger partial charge in [-0.2, -0.15) is 13.2 Å². The summed E-state index contributed by atoms with van der Waals surface area (Å²) in [6, 6.07) is -0.969. The van der Waals surface area contributed by atoms with E-state index in [-0.39, 0.29) is 5.91 Å². The fourth-order valence-electron chi connectivity index (χ4n) is 1.25. The summed E-state index contributed by atoms with van der Waals surface area (Å²) < 4.78 is 47.9. The third kappa shape index (κ3) is 12.6. The van der Waals surface area contributed by atoms with Gasteiger partial charge >= 0.3 is 12.1 Å². The van der Waals surface area contributed by atoms with Crippen LogP contribution in [-0.2, 0) is 19.1 Å². The van der Waals surface area contributed by atoms with Gasteiger partial charge in [0.2, 0.25) is 5.91 Å². The smallest absolute Gasteiger partial charge is 0.475 e. The maximum Gasteiger partial charge on any atom is 0.490 e. The molecule has 1 heterocycles. The van der Waals surface area contributed by atoms with E-state index >= 15 is 0 Å². The number of piperazine rings is 1. The Morgan fingerprint density at radius 2 is 1.83 bits per heavy atom. The lowest BCUT2D eigenvalue weighted by Crippen LogP contribution is -2.52. The largest absolute Gasteiger partial charge is 0.490 e. The zero-order valence-electron chi connectivity index (χ0n) is 13.0. The van der Waals surface area contributed by atoms with Crippen molar-refractivity contribution < 1.29 is 41.8 Å². The van der Waals surface area contributed by atoms with E-state index in [0.29, 0.717) is 26.2 Å². The molecule has 142 valence electrons. The summed E-state index contributed by atoms with van der Waals surface area (Å²) in [6.45, 7) is 4.69. The van der Waals surface area contributed by atoms with Crippen LogP contribution in [0.2, 0.25) is 0 Å². The number of carboxylic acids is 1. The van der Waals surface area contributed by atoms with Crippen molar-refractivity contribution in [2.75, 3.05) is 39.5 Å². The molecule has 0 aliphatic carbocycles. The molecular weight excluding hydrogens is 342 g/mol. The standard InChI is InChI=1S/C7H14FN3O.C3H6O2.C2HF3O2/c8-5-6(9)7(12)11-3-1-10-2-4-11;1-2-5-3-4;3-2(4,5)1(6)7/h6,10H,1-5,9H2;3H,2H2,1H3;(H,6,7)/t6-;;/m0../s1. The molecule has 1 fully saturated rings. The summed E-state index contributed by atoms with van der Waals surface area (Å²) in [5.74, 6) is -3.04. The van der Waals surface area contributed by atoms with E-state index in [1.807, 2.05) is 0 Å². The zero-order valence-corrected chi connectivity index (χ0v) is 13.0. The first-order valence-corrected chi connectivity index (χ1v) is 6.78. The molecule has 0 aromatic heterocycles. The Hall–Kier alpha value is -1.95. The Morgan fingerprint density at radius 3 is 2.08 bits per heavy atom. The highest BCUT2D eigenvalue weighted by atomic mass is 19.4. The fraction of sp³-hybridized carbons (Fsp3) is 0.750. The van der Waals surface area contributed by atoms with E-state index in [1.165, 1.54) is 0 Å². The van der Waals surface area contributed by atoms with E-state index in [1.54, 1.807) is 11.8 Å². The van der Waals surface area contributed by atoms with Gasteiger partial charge in [0.15, 0.2) is 0 Å². The third-order valence-corrected chi connectivity index (χ3v) is 2.39.